The molecule has 1 heterocycles. The largest absolute Gasteiger partial charge is 0.350 e. The van der Waals surface area contributed by atoms with Crippen molar-refractivity contribution < 1.29 is 0 Å². The second-order valence-corrected chi connectivity index (χ2v) is 5.68. The van der Waals surface area contributed by atoms with E-state index in [0.29, 0.717) is 12.1 Å². The molecule has 1 aliphatic carbocycles. The van der Waals surface area contributed by atoms with E-state index in [4.69, 9.17) is 4.98 Å². The van der Waals surface area contributed by atoms with Crippen LogP contribution in [-0.4, -0.2) is 23.6 Å². The van der Waals surface area contributed by atoms with Crippen LogP contribution in [-0.2, 0) is 6.54 Å². The van der Waals surface area contributed by atoms with Crippen LogP contribution >= 0.6 is 0 Å². The van der Waals surface area contributed by atoms with Crippen molar-refractivity contribution in [1.29, 1.82) is 0 Å². The summed E-state index contributed by atoms with van der Waals surface area (Å²) in [7, 11) is 0. The quantitative estimate of drug-likeness (QED) is 0.763. The molecule has 0 aromatic carbocycles. The summed E-state index contributed by atoms with van der Waals surface area (Å²) < 4.78 is 0. The standard InChI is InChI=1S/C16H25N3/c1-5-8-19(15-6-7-15)16-10-14(9-13(4)18-16)11-17-12(2)3/h5,9-10,12,15,17H,1,6-8,11H2,2-4H3. The van der Waals surface area contributed by atoms with E-state index in [1.807, 2.05) is 6.08 Å². The fraction of sp³-hybridized carbons (Fsp3) is 0.562. The lowest BCUT2D eigenvalue weighted by Gasteiger charge is -2.23. The Labute approximate surface area is 116 Å². The van der Waals surface area contributed by atoms with Gasteiger partial charge < -0.3 is 10.2 Å². The maximum absolute atomic E-state index is 4.69. The van der Waals surface area contributed by atoms with Gasteiger partial charge in [0.1, 0.15) is 5.82 Å². The molecule has 3 heteroatoms. The maximum Gasteiger partial charge on any atom is 0.129 e. The molecule has 104 valence electrons. The van der Waals surface area contributed by atoms with Crippen molar-refractivity contribution in [3.63, 3.8) is 0 Å². The van der Waals surface area contributed by atoms with Crippen molar-refractivity contribution in [3.8, 4) is 0 Å². The Hall–Kier alpha value is -1.35. The third-order valence-corrected chi connectivity index (χ3v) is 3.32. The Morgan fingerprint density at radius 2 is 2.21 bits per heavy atom. The average Bonchev–Trinajstić information content (AvgIpc) is 3.17. The van der Waals surface area contributed by atoms with Gasteiger partial charge in [-0.05, 0) is 37.5 Å². The Morgan fingerprint density at radius 3 is 2.79 bits per heavy atom. The minimum absolute atomic E-state index is 0.504. The molecule has 0 saturated heterocycles. The molecule has 1 N–H and O–H groups in total. The van der Waals surface area contributed by atoms with Crippen molar-refractivity contribution in [2.45, 2.75) is 52.2 Å². The van der Waals surface area contributed by atoms with Gasteiger partial charge in [-0.2, -0.15) is 0 Å². The fourth-order valence-corrected chi connectivity index (χ4v) is 2.25. The predicted molar refractivity (Wildman–Crippen MR) is 81.5 cm³/mol. The van der Waals surface area contributed by atoms with Gasteiger partial charge in [-0.3, -0.25) is 0 Å². The number of hydrogen-bond acceptors (Lipinski definition) is 3. The van der Waals surface area contributed by atoms with Crippen molar-refractivity contribution in [2.24, 2.45) is 0 Å². The predicted octanol–water partition coefficient (Wildman–Crippen LogP) is 3.04. The van der Waals surface area contributed by atoms with E-state index < -0.39 is 0 Å². The number of hydrogen-bond donors (Lipinski definition) is 1. The fourth-order valence-electron chi connectivity index (χ4n) is 2.25. The van der Waals surface area contributed by atoms with E-state index in [1.54, 1.807) is 0 Å². The SMILES string of the molecule is C=CCN(c1cc(CNC(C)C)cc(C)n1)C1CC1. The first kappa shape index (κ1) is 14.1. The summed E-state index contributed by atoms with van der Waals surface area (Å²) in [4.78, 5) is 7.07. The molecule has 0 atom stereocenters. The van der Waals surface area contributed by atoms with Crippen LogP contribution in [0.4, 0.5) is 5.82 Å². The van der Waals surface area contributed by atoms with Gasteiger partial charge in [-0.1, -0.05) is 19.9 Å². The number of rotatable bonds is 7. The molecule has 0 aliphatic heterocycles. The topological polar surface area (TPSA) is 28.2 Å². The first-order valence-electron chi connectivity index (χ1n) is 7.18. The number of aromatic nitrogens is 1. The van der Waals surface area contributed by atoms with E-state index in [9.17, 15) is 0 Å². The minimum atomic E-state index is 0.504. The Bertz CT molecular complexity index is 436. The van der Waals surface area contributed by atoms with Crippen LogP contribution in [0.15, 0.2) is 24.8 Å². The van der Waals surface area contributed by atoms with Gasteiger partial charge in [0.2, 0.25) is 0 Å². The van der Waals surface area contributed by atoms with Crippen LogP contribution in [0.5, 0.6) is 0 Å². The molecule has 1 aliphatic rings. The number of aryl methyl sites for hydroxylation is 1. The molecule has 0 amide bonds. The summed E-state index contributed by atoms with van der Waals surface area (Å²) in [6.45, 7) is 12.1. The highest BCUT2D eigenvalue weighted by Crippen LogP contribution is 2.31. The zero-order valence-electron chi connectivity index (χ0n) is 12.3. The molecule has 0 unspecified atom stereocenters. The van der Waals surface area contributed by atoms with E-state index in [0.717, 1.165) is 24.6 Å². The van der Waals surface area contributed by atoms with Gasteiger partial charge in [0.15, 0.2) is 0 Å². The number of anilines is 1. The zero-order chi connectivity index (χ0) is 13.8. The van der Waals surface area contributed by atoms with Crippen molar-refractivity contribution in [3.05, 3.63) is 36.0 Å². The van der Waals surface area contributed by atoms with Gasteiger partial charge in [0.25, 0.3) is 0 Å². The summed E-state index contributed by atoms with van der Waals surface area (Å²) in [5.74, 6) is 1.10. The maximum atomic E-state index is 4.69. The van der Waals surface area contributed by atoms with Gasteiger partial charge in [-0.25, -0.2) is 4.98 Å². The number of pyridine rings is 1. The average molecular weight is 259 g/mol. The van der Waals surface area contributed by atoms with E-state index in [1.165, 1.54) is 18.4 Å². The Balaban J connectivity index is 2.16. The van der Waals surface area contributed by atoms with E-state index in [2.05, 4.69) is 49.7 Å². The molecule has 3 nitrogen and oxygen atoms in total. The highest BCUT2D eigenvalue weighted by molar-refractivity contribution is 5.45. The van der Waals surface area contributed by atoms with Crippen molar-refractivity contribution >= 4 is 5.82 Å². The molecule has 0 radical (unpaired) electrons. The Kier molecular flexibility index (Phi) is 4.59. The molecule has 1 aromatic rings. The smallest absolute Gasteiger partial charge is 0.129 e. The summed E-state index contributed by atoms with van der Waals surface area (Å²) in [5.41, 5.74) is 2.40. The lowest BCUT2D eigenvalue weighted by atomic mass is 10.2. The third-order valence-electron chi connectivity index (χ3n) is 3.32. The minimum Gasteiger partial charge on any atom is -0.350 e. The summed E-state index contributed by atoms with van der Waals surface area (Å²) in [6, 6.07) is 5.55. The lowest BCUT2D eigenvalue weighted by molar-refractivity contribution is 0.588. The molecule has 1 saturated carbocycles. The van der Waals surface area contributed by atoms with Crippen LogP contribution in [0.25, 0.3) is 0 Å². The van der Waals surface area contributed by atoms with Crippen LogP contribution in [0.2, 0.25) is 0 Å². The van der Waals surface area contributed by atoms with Gasteiger partial charge in [0.05, 0.1) is 0 Å². The van der Waals surface area contributed by atoms with E-state index >= 15 is 0 Å². The van der Waals surface area contributed by atoms with Crippen molar-refractivity contribution in [2.75, 3.05) is 11.4 Å². The molecular formula is C16H25N3. The highest BCUT2D eigenvalue weighted by Gasteiger charge is 2.29. The molecule has 0 spiro atoms. The van der Waals surface area contributed by atoms with Crippen LogP contribution in [0, 0.1) is 6.92 Å². The molecule has 2 rings (SSSR count). The normalized spacial score (nSPS) is 14.7. The molecule has 1 fully saturated rings. The van der Waals surface area contributed by atoms with Crippen LogP contribution < -0.4 is 10.2 Å². The number of nitrogens with zero attached hydrogens (tertiary/aromatic N) is 2. The van der Waals surface area contributed by atoms with Gasteiger partial charge >= 0.3 is 0 Å². The van der Waals surface area contributed by atoms with Crippen LogP contribution in [0.3, 0.4) is 0 Å². The molecule has 19 heavy (non-hydrogen) atoms. The first-order chi connectivity index (χ1) is 9.10. The third kappa shape index (κ3) is 4.06. The molecular weight excluding hydrogens is 234 g/mol. The van der Waals surface area contributed by atoms with E-state index in [-0.39, 0.29) is 0 Å². The monoisotopic (exact) mass is 259 g/mol. The molecule has 0 bridgehead atoms. The lowest BCUT2D eigenvalue weighted by Crippen LogP contribution is -2.27. The van der Waals surface area contributed by atoms with Crippen LogP contribution in [0.1, 0.15) is 37.9 Å². The summed E-state index contributed by atoms with van der Waals surface area (Å²) >= 11 is 0. The number of nitrogens with one attached hydrogen (secondary N) is 1. The summed E-state index contributed by atoms with van der Waals surface area (Å²) in [5, 5.41) is 3.47. The highest BCUT2D eigenvalue weighted by atomic mass is 15.2. The van der Waals surface area contributed by atoms with Gasteiger partial charge in [-0.15, -0.1) is 6.58 Å². The first-order valence-corrected chi connectivity index (χ1v) is 7.18. The second kappa shape index (κ2) is 6.20. The second-order valence-electron chi connectivity index (χ2n) is 5.68. The Morgan fingerprint density at radius 1 is 1.47 bits per heavy atom. The molecule has 1 aromatic heterocycles. The van der Waals surface area contributed by atoms with Crippen molar-refractivity contribution in [1.82, 2.24) is 10.3 Å². The summed E-state index contributed by atoms with van der Waals surface area (Å²) in [6.07, 6.45) is 4.53. The zero-order valence-corrected chi connectivity index (χ0v) is 12.3. The van der Waals surface area contributed by atoms with Gasteiger partial charge in [0, 0.05) is 30.9 Å².